The first-order valence-corrected chi connectivity index (χ1v) is 5.48. The predicted molar refractivity (Wildman–Crippen MR) is 59.8 cm³/mol. The van der Waals surface area contributed by atoms with Crippen molar-refractivity contribution in [2.75, 3.05) is 0 Å². The molecule has 0 aromatic carbocycles. The van der Waals surface area contributed by atoms with Gasteiger partial charge in [0.25, 0.3) is 0 Å². The average molecular weight is 241 g/mol. The fourth-order valence-electron chi connectivity index (χ4n) is 0.846. The molecule has 0 amide bonds. The number of carbonyl (C=O) groups is 1. The second-order valence-corrected chi connectivity index (χ2v) is 4.29. The van der Waals surface area contributed by atoms with Crippen molar-refractivity contribution >= 4 is 22.5 Å². The highest BCUT2D eigenvalue weighted by molar-refractivity contribution is 7.86. The zero-order chi connectivity index (χ0) is 12.1. The molecule has 0 aliphatic heterocycles. The molecule has 2 unspecified atom stereocenters. The van der Waals surface area contributed by atoms with Crippen LogP contribution < -0.4 is 11.5 Å². The second-order valence-electron chi connectivity index (χ2n) is 2.72. The number of hydrogen-bond donors (Lipinski definition) is 4. The van der Waals surface area contributed by atoms with Gasteiger partial charge < -0.3 is 10.8 Å². The number of hydrogen-bond acceptors (Lipinski definition) is 5. The molecule has 7 nitrogen and oxygen atoms in total. The first-order chi connectivity index (χ1) is 7.52. The van der Waals surface area contributed by atoms with Gasteiger partial charge in [-0.3, -0.25) is 10.5 Å². The third kappa shape index (κ3) is 3.11. The standard InChI is InChI=1S/C8H11N5O2S/c9-6(7(14)15)13-8(10)16(11)5-3-1-2-4-12-5/h1-4,8,11H,10H2,(H2,9,13)(H,14,15). The highest BCUT2D eigenvalue weighted by atomic mass is 32.2. The summed E-state index contributed by atoms with van der Waals surface area (Å²) in [4.78, 5) is 17.9. The Balaban J connectivity index is 2.84. The van der Waals surface area contributed by atoms with Crippen LogP contribution in [0.3, 0.4) is 0 Å². The van der Waals surface area contributed by atoms with Crippen LogP contribution in [0.4, 0.5) is 0 Å². The molecular weight excluding hydrogens is 230 g/mol. The lowest BCUT2D eigenvalue weighted by atomic mass is 10.5. The minimum atomic E-state index is -1.35. The number of carboxylic acids is 1. The molecule has 0 saturated heterocycles. The Morgan fingerprint density at radius 1 is 1.62 bits per heavy atom. The van der Waals surface area contributed by atoms with E-state index in [4.69, 9.17) is 21.4 Å². The van der Waals surface area contributed by atoms with Crippen LogP contribution in [-0.2, 0) is 15.5 Å². The molecule has 1 aromatic heterocycles. The fraction of sp³-hybridized carbons (Fsp3) is 0.125. The number of nitrogens with two attached hydrogens (primary N) is 2. The smallest absolute Gasteiger partial charge is 0.371 e. The Hall–Kier alpha value is -1.80. The second kappa shape index (κ2) is 5.33. The topological polar surface area (TPSA) is 138 Å². The van der Waals surface area contributed by atoms with E-state index in [1.165, 1.54) is 6.20 Å². The zero-order valence-corrected chi connectivity index (χ0v) is 9.02. The zero-order valence-electron chi connectivity index (χ0n) is 8.20. The summed E-state index contributed by atoms with van der Waals surface area (Å²) in [5, 5.41) is 8.94. The lowest BCUT2D eigenvalue weighted by Gasteiger charge is -2.09. The lowest BCUT2D eigenvalue weighted by molar-refractivity contribution is -0.129. The van der Waals surface area contributed by atoms with Crippen LogP contribution in [0.2, 0.25) is 0 Å². The van der Waals surface area contributed by atoms with Gasteiger partial charge in [-0.2, -0.15) is 0 Å². The number of carboxylic acid groups (broad SMARTS) is 1. The first kappa shape index (κ1) is 12.3. The van der Waals surface area contributed by atoms with Crippen LogP contribution in [0, 0.1) is 4.78 Å². The molecule has 0 aliphatic rings. The van der Waals surface area contributed by atoms with Crippen molar-refractivity contribution in [3.05, 3.63) is 24.4 Å². The summed E-state index contributed by atoms with van der Waals surface area (Å²) in [7, 11) is -1.23. The van der Waals surface area contributed by atoms with Crippen LogP contribution in [-0.4, -0.2) is 27.4 Å². The largest absolute Gasteiger partial charge is 0.475 e. The first-order valence-electron chi connectivity index (χ1n) is 4.20. The molecule has 0 saturated carbocycles. The van der Waals surface area contributed by atoms with Crippen molar-refractivity contribution in [2.24, 2.45) is 16.5 Å². The summed E-state index contributed by atoms with van der Waals surface area (Å²) in [5.74, 6) is -1.96. The van der Waals surface area contributed by atoms with E-state index >= 15 is 0 Å². The highest BCUT2D eigenvalue weighted by Gasteiger charge is 2.12. The van der Waals surface area contributed by atoms with Gasteiger partial charge in [0.05, 0.1) is 0 Å². The molecule has 6 N–H and O–H groups in total. The van der Waals surface area contributed by atoms with Crippen LogP contribution in [0.5, 0.6) is 0 Å². The van der Waals surface area contributed by atoms with E-state index in [-0.39, 0.29) is 0 Å². The van der Waals surface area contributed by atoms with Gasteiger partial charge in [0.15, 0.2) is 5.50 Å². The van der Waals surface area contributed by atoms with Crippen LogP contribution in [0.1, 0.15) is 0 Å². The fourth-order valence-corrected chi connectivity index (χ4v) is 1.71. The molecule has 16 heavy (non-hydrogen) atoms. The summed E-state index contributed by atoms with van der Waals surface area (Å²) in [6, 6.07) is 5.05. The van der Waals surface area contributed by atoms with Gasteiger partial charge in [-0.15, -0.1) is 0 Å². The Morgan fingerprint density at radius 3 is 2.81 bits per heavy atom. The molecule has 0 fully saturated rings. The normalized spacial score (nSPS) is 15.4. The van der Waals surface area contributed by atoms with E-state index in [1.54, 1.807) is 18.2 Å². The Morgan fingerprint density at radius 2 is 2.31 bits per heavy atom. The number of nitrogens with one attached hydrogen (secondary N) is 1. The van der Waals surface area contributed by atoms with Crippen molar-refractivity contribution in [2.45, 2.75) is 10.5 Å². The molecule has 1 heterocycles. The summed E-state index contributed by atoms with van der Waals surface area (Å²) in [6.07, 6.45) is 1.53. The molecule has 2 atom stereocenters. The number of rotatable bonds is 3. The van der Waals surface area contributed by atoms with Crippen molar-refractivity contribution in [1.29, 1.82) is 4.78 Å². The van der Waals surface area contributed by atoms with Gasteiger partial charge in [-0.25, -0.2) is 14.8 Å². The van der Waals surface area contributed by atoms with Crippen molar-refractivity contribution in [1.82, 2.24) is 4.98 Å². The molecule has 8 heteroatoms. The maximum atomic E-state index is 10.4. The van der Waals surface area contributed by atoms with Gasteiger partial charge in [0.2, 0.25) is 5.84 Å². The third-order valence-electron chi connectivity index (χ3n) is 1.59. The van der Waals surface area contributed by atoms with Crippen molar-refractivity contribution in [3.63, 3.8) is 0 Å². The number of amidine groups is 1. The van der Waals surface area contributed by atoms with Crippen LogP contribution in [0.25, 0.3) is 0 Å². The van der Waals surface area contributed by atoms with Crippen LogP contribution in [0.15, 0.2) is 34.4 Å². The minimum Gasteiger partial charge on any atom is -0.475 e. The maximum Gasteiger partial charge on any atom is 0.371 e. The molecule has 86 valence electrons. The number of aromatic nitrogens is 1. The van der Waals surface area contributed by atoms with Crippen molar-refractivity contribution in [3.8, 4) is 0 Å². The average Bonchev–Trinajstić information content (AvgIpc) is 2.28. The summed E-state index contributed by atoms with van der Waals surface area (Å²) in [6.45, 7) is 0. The summed E-state index contributed by atoms with van der Waals surface area (Å²) >= 11 is 0. The molecule has 0 aliphatic carbocycles. The number of pyridine rings is 1. The van der Waals surface area contributed by atoms with E-state index in [2.05, 4.69) is 9.98 Å². The highest BCUT2D eigenvalue weighted by Crippen LogP contribution is 2.06. The van der Waals surface area contributed by atoms with Gasteiger partial charge >= 0.3 is 5.97 Å². The van der Waals surface area contributed by atoms with Gasteiger partial charge in [0, 0.05) is 6.20 Å². The number of aliphatic carboxylic acids is 1. The Bertz CT molecular complexity index is 433. The van der Waals surface area contributed by atoms with Gasteiger partial charge in [-0.1, -0.05) is 6.07 Å². The minimum absolute atomic E-state index is 0.442. The Labute approximate surface area is 94.1 Å². The number of nitrogens with zero attached hydrogens (tertiary/aromatic N) is 2. The lowest BCUT2D eigenvalue weighted by Crippen LogP contribution is -2.31. The number of aliphatic imine (C=N–C) groups is 1. The quantitative estimate of drug-likeness (QED) is 0.417. The molecule has 0 radical (unpaired) electrons. The van der Waals surface area contributed by atoms with E-state index < -0.39 is 28.0 Å². The summed E-state index contributed by atoms with van der Waals surface area (Å²) < 4.78 is 7.74. The molecular formula is C8H11N5O2S. The van der Waals surface area contributed by atoms with Crippen LogP contribution >= 0.6 is 0 Å². The van der Waals surface area contributed by atoms with Gasteiger partial charge in [0.1, 0.15) is 5.03 Å². The molecule has 0 spiro atoms. The van der Waals surface area contributed by atoms with Crippen molar-refractivity contribution < 1.29 is 9.90 Å². The summed E-state index contributed by atoms with van der Waals surface area (Å²) in [5.41, 5.74) is 9.62. The monoisotopic (exact) mass is 241 g/mol. The molecule has 1 aromatic rings. The molecule has 0 bridgehead atoms. The van der Waals surface area contributed by atoms with E-state index in [1.807, 2.05) is 0 Å². The maximum absolute atomic E-state index is 10.4. The molecule has 1 rings (SSSR count). The third-order valence-corrected chi connectivity index (χ3v) is 2.87. The SMILES string of the molecule is N=S(c1ccccn1)C(N)/N=C(\N)C(=O)O. The van der Waals surface area contributed by atoms with E-state index in [0.29, 0.717) is 5.03 Å². The van der Waals surface area contributed by atoms with E-state index in [9.17, 15) is 4.79 Å². The van der Waals surface area contributed by atoms with E-state index in [0.717, 1.165) is 0 Å². The predicted octanol–water partition coefficient (Wildman–Crippen LogP) is -0.495. The van der Waals surface area contributed by atoms with Gasteiger partial charge in [-0.05, 0) is 22.8 Å². The Kier molecular flexibility index (Phi) is 4.09.